The van der Waals surface area contributed by atoms with Crippen molar-refractivity contribution in [2.45, 2.75) is 19.3 Å². The Labute approximate surface area is 89.2 Å². The molecule has 4 N–H and O–H groups in total. The minimum Gasteiger partial charge on any atom is -0.368 e. The van der Waals surface area contributed by atoms with Crippen LogP contribution in [0.2, 0.25) is 0 Å². The van der Waals surface area contributed by atoms with Crippen LogP contribution in [0.25, 0.3) is 0 Å². The van der Waals surface area contributed by atoms with Crippen LogP contribution in [0.3, 0.4) is 0 Å². The Hall–Kier alpha value is -1.30. The van der Waals surface area contributed by atoms with Gasteiger partial charge < -0.3 is 16.0 Å². The summed E-state index contributed by atoms with van der Waals surface area (Å²) in [5, 5.41) is 9.62. The van der Waals surface area contributed by atoms with Gasteiger partial charge in [0.2, 0.25) is 11.9 Å². The van der Waals surface area contributed by atoms with Gasteiger partial charge in [-0.3, -0.25) is 0 Å². The number of nitrogens with one attached hydrogen (secondary N) is 2. The molecule has 1 saturated heterocycles. The first-order valence-electron chi connectivity index (χ1n) is 5.49. The highest BCUT2D eigenvalue weighted by Crippen LogP contribution is 2.07. The predicted octanol–water partition coefficient (Wildman–Crippen LogP) is 0.285. The van der Waals surface area contributed by atoms with E-state index >= 15 is 0 Å². The van der Waals surface area contributed by atoms with Crippen molar-refractivity contribution in [3.05, 3.63) is 0 Å². The molecule has 0 radical (unpaired) electrons. The van der Waals surface area contributed by atoms with Crippen molar-refractivity contribution >= 4 is 11.9 Å². The smallest absolute Gasteiger partial charge is 0.243 e. The molecule has 1 aromatic heterocycles. The molecule has 1 aliphatic heterocycles. The summed E-state index contributed by atoms with van der Waals surface area (Å²) in [6, 6.07) is 0. The highest BCUT2D eigenvalue weighted by molar-refractivity contribution is 5.29. The van der Waals surface area contributed by atoms with E-state index in [9.17, 15) is 0 Å². The fraction of sp³-hybridized carbons (Fsp3) is 0.778. The molecule has 1 fully saturated rings. The van der Waals surface area contributed by atoms with E-state index in [4.69, 9.17) is 5.73 Å². The average molecular weight is 210 g/mol. The van der Waals surface area contributed by atoms with Crippen LogP contribution >= 0.6 is 0 Å². The molecule has 0 amide bonds. The average Bonchev–Trinajstić information content (AvgIpc) is 2.84. The molecule has 1 aliphatic rings. The van der Waals surface area contributed by atoms with Gasteiger partial charge in [0.05, 0.1) is 0 Å². The molecule has 84 valence electrons. The number of rotatable bonds is 5. The summed E-state index contributed by atoms with van der Waals surface area (Å²) in [6.07, 6.45) is 3.82. The number of nitrogens with zero attached hydrogens (tertiary/aromatic N) is 3. The highest BCUT2D eigenvalue weighted by atomic mass is 15.3. The van der Waals surface area contributed by atoms with Crippen molar-refractivity contribution < 1.29 is 0 Å². The lowest BCUT2D eigenvalue weighted by atomic mass is 10.4. The van der Waals surface area contributed by atoms with E-state index < -0.39 is 0 Å². The SMILES string of the molecule is Nc1nc(NCCCN2CCCC2)n[nH]1. The lowest BCUT2D eigenvalue weighted by Crippen LogP contribution is -2.22. The van der Waals surface area contributed by atoms with E-state index in [-0.39, 0.29) is 0 Å². The first kappa shape index (κ1) is 10.2. The lowest BCUT2D eigenvalue weighted by molar-refractivity contribution is 0.337. The molecule has 6 heteroatoms. The number of anilines is 2. The molecular weight excluding hydrogens is 192 g/mol. The molecule has 0 saturated carbocycles. The number of nitrogens with two attached hydrogens (primary N) is 1. The molecule has 2 heterocycles. The van der Waals surface area contributed by atoms with Crippen LogP contribution in [0.15, 0.2) is 0 Å². The fourth-order valence-electron chi connectivity index (χ4n) is 1.86. The number of aromatic amines is 1. The summed E-state index contributed by atoms with van der Waals surface area (Å²) < 4.78 is 0. The normalized spacial score (nSPS) is 17.1. The Kier molecular flexibility index (Phi) is 3.39. The van der Waals surface area contributed by atoms with E-state index in [0.29, 0.717) is 11.9 Å². The standard InChI is InChI=1S/C9H18N6/c10-8-12-9(14-13-8)11-4-3-7-15-5-1-2-6-15/h1-7H2,(H4,10,11,12,13,14). The van der Waals surface area contributed by atoms with E-state index in [1.54, 1.807) is 0 Å². The first-order chi connectivity index (χ1) is 7.34. The Balaban J connectivity index is 1.58. The Morgan fingerprint density at radius 1 is 1.40 bits per heavy atom. The van der Waals surface area contributed by atoms with Gasteiger partial charge in [-0.05, 0) is 38.9 Å². The van der Waals surface area contributed by atoms with Gasteiger partial charge >= 0.3 is 0 Å². The van der Waals surface area contributed by atoms with Crippen LogP contribution in [-0.2, 0) is 0 Å². The summed E-state index contributed by atoms with van der Waals surface area (Å²) in [6.45, 7) is 4.57. The van der Waals surface area contributed by atoms with Crippen LogP contribution < -0.4 is 11.1 Å². The number of aromatic nitrogens is 3. The van der Waals surface area contributed by atoms with Crippen molar-refractivity contribution in [2.75, 3.05) is 37.2 Å². The number of likely N-dealkylation sites (tertiary alicyclic amines) is 1. The maximum atomic E-state index is 5.40. The van der Waals surface area contributed by atoms with Crippen LogP contribution in [0, 0.1) is 0 Å². The van der Waals surface area contributed by atoms with Crippen molar-refractivity contribution in [3.63, 3.8) is 0 Å². The summed E-state index contributed by atoms with van der Waals surface area (Å²) >= 11 is 0. The van der Waals surface area contributed by atoms with Gasteiger partial charge in [-0.15, -0.1) is 5.10 Å². The largest absolute Gasteiger partial charge is 0.368 e. The van der Waals surface area contributed by atoms with Crippen molar-refractivity contribution in [1.29, 1.82) is 0 Å². The fourth-order valence-corrected chi connectivity index (χ4v) is 1.86. The van der Waals surface area contributed by atoms with Crippen molar-refractivity contribution in [3.8, 4) is 0 Å². The van der Waals surface area contributed by atoms with Gasteiger partial charge in [0.25, 0.3) is 0 Å². The second-order valence-corrected chi connectivity index (χ2v) is 3.87. The Morgan fingerprint density at radius 2 is 2.20 bits per heavy atom. The van der Waals surface area contributed by atoms with Gasteiger partial charge in [-0.25, -0.2) is 5.10 Å². The molecule has 2 rings (SSSR count). The van der Waals surface area contributed by atoms with Crippen LogP contribution in [0.5, 0.6) is 0 Å². The van der Waals surface area contributed by atoms with E-state index in [1.165, 1.54) is 25.9 Å². The predicted molar refractivity (Wildman–Crippen MR) is 59.6 cm³/mol. The minimum absolute atomic E-state index is 0.358. The quantitative estimate of drug-likeness (QED) is 0.608. The maximum absolute atomic E-state index is 5.40. The maximum Gasteiger partial charge on any atom is 0.243 e. The van der Waals surface area contributed by atoms with E-state index in [1.807, 2.05) is 0 Å². The highest BCUT2D eigenvalue weighted by Gasteiger charge is 2.10. The molecule has 1 aromatic rings. The van der Waals surface area contributed by atoms with E-state index in [2.05, 4.69) is 25.4 Å². The molecule has 15 heavy (non-hydrogen) atoms. The molecular formula is C9H18N6. The molecule has 0 unspecified atom stereocenters. The molecule has 0 spiro atoms. The second kappa shape index (κ2) is 4.97. The minimum atomic E-state index is 0.358. The summed E-state index contributed by atoms with van der Waals surface area (Å²) in [5.74, 6) is 0.950. The third-order valence-electron chi connectivity index (χ3n) is 2.64. The third-order valence-corrected chi connectivity index (χ3v) is 2.64. The summed E-state index contributed by atoms with van der Waals surface area (Å²) in [5.41, 5.74) is 5.40. The summed E-state index contributed by atoms with van der Waals surface area (Å²) in [4.78, 5) is 6.46. The number of H-pyrrole nitrogens is 1. The van der Waals surface area contributed by atoms with Gasteiger partial charge in [0, 0.05) is 6.54 Å². The van der Waals surface area contributed by atoms with Crippen LogP contribution in [-0.4, -0.2) is 46.3 Å². The van der Waals surface area contributed by atoms with Gasteiger partial charge in [0.1, 0.15) is 0 Å². The van der Waals surface area contributed by atoms with Gasteiger partial charge in [-0.2, -0.15) is 4.98 Å². The topological polar surface area (TPSA) is 82.9 Å². The molecule has 0 atom stereocenters. The number of hydrogen-bond acceptors (Lipinski definition) is 5. The lowest BCUT2D eigenvalue weighted by Gasteiger charge is -2.13. The number of hydrogen-bond donors (Lipinski definition) is 3. The van der Waals surface area contributed by atoms with Crippen LogP contribution in [0.4, 0.5) is 11.9 Å². The summed E-state index contributed by atoms with van der Waals surface area (Å²) in [7, 11) is 0. The zero-order chi connectivity index (χ0) is 10.5. The monoisotopic (exact) mass is 210 g/mol. The molecule has 0 bridgehead atoms. The molecule has 0 aliphatic carbocycles. The zero-order valence-electron chi connectivity index (χ0n) is 8.87. The number of nitrogen functional groups attached to an aromatic ring is 1. The van der Waals surface area contributed by atoms with Gasteiger partial charge in [0.15, 0.2) is 0 Å². The zero-order valence-corrected chi connectivity index (χ0v) is 8.87. The second-order valence-electron chi connectivity index (χ2n) is 3.87. The van der Waals surface area contributed by atoms with Gasteiger partial charge in [-0.1, -0.05) is 0 Å². The third kappa shape index (κ3) is 3.09. The Bertz CT molecular complexity index is 291. The van der Waals surface area contributed by atoms with Crippen molar-refractivity contribution in [2.24, 2.45) is 0 Å². The molecule has 6 nitrogen and oxygen atoms in total. The first-order valence-corrected chi connectivity index (χ1v) is 5.49. The van der Waals surface area contributed by atoms with Crippen LogP contribution in [0.1, 0.15) is 19.3 Å². The van der Waals surface area contributed by atoms with Crippen molar-refractivity contribution in [1.82, 2.24) is 20.1 Å². The van der Waals surface area contributed by atoms with E-state index in [0.717, 1.165) is 19.5 Å². The Morgan fingerprint density at radius 3 is 2.87 bits per heavy atom. The molecule has 0 aromatic carbocycles.